The summed E-state index contributed by atoms with van der Waals surface area (Å²) in [6.07, 6.45) is 9.54. The number of thiocarbonyl (C=S) groups is 2. The number of benzene rings is 1. The van der Waals surface area contributed by atoms with Crippen LogP contribution in [0.25, 0.3) is 0 Å². The van der Waals surface area contributed by atoms with E-state index in [2.05, 4.69) is 61.8 Å². The van der Waals surface area contributed by atoms with Crippen LogP contribution in [-0.2, 0) is 0 Å². The van der Waals surface area contributed by atoms with E-state index in [0.29, 0.717) is 0 Å². The predicted octanol–water partition coefficient (Wildman–Crippen LogP) is 8.25. The molecule has 30 heavy (non-hydrogen) atoms. The molecule has 0 N–H and O–H groups in total. The number of unbranched alkanes of at least 4 members (excludes halogenated alkanes) is 4. The summed E-state index contributed by atoms with van der Waals surface area (Å²) < 4.78 is 1.98. The van der Waals surface area contributed by atoms with Crippen molar-refractivity contribution in [3.05, 3.63) is 24.3 Å². The minimum atomic E-state index is 0.990. The van der Waals surface area contributed by atoms with Gasteiger partial charge in [-0.1, -0.05) is 113 Å². The van der Waals surface area contributed by atoms with Crippen LogP contribution in [0.5, 0.6) is 0 Å². The zero-order valence-corrected chi connectivity index (χ0v) is 22.6. The molecule has 0 saturated heterocycles. The molecule has 0 atom stereocenters. The molecular weight excluding hydrogens is 445 g/mol. The molecule has 6 heteroatoms. The maximum Gasteiger partial charge on any atom is 0.141 e. The molecule has 0 amide bonds. The van der Waals surface area contributed by atoms with Gasteiger partial charge in [0, 0.05) is 36.0 Å². The summed E-state index contributed by atoms with van der Waals surface area (Å²) in [5.41, 5.74) is 0. The molecule has 1 rings (SSSR count). The average Bonchev–Trinajstić information content (AvgIpc) is 2.75. The summed E-state index contributed by atoms with van der Waals surface area (Å²) >= 11 is 15.2. The van der Waals surface area contributed by atoms with Crippen molar-refractivity contribution in [1.82, 2.24) is 9.80 Å². The largest absolute Gasteiger partial charge is 0.357 e. The van der Waals surface area contributed by atoms with Crippen molar-refractivity contribution in [1.29, 1.82) is 0 Å². The Labute approximate surface area is 204 Å². The monoisotopic (exact) mass is 484 g/mol. The van der Waals surface area contributed by atoms with Gasteiger partial charge in [-0.25, -0.2) is 0 Å². The molecule has 0 spiro atoms. The van der Waals surface area contributed by atoms with Crippen LogP contribution in [0.3, 0.4) is 0 Å². The zero-order chi connectivity index (χ0) is 22.2. The molecule has 0 radical (unpaired) electrons. The molecule has 2 nitrogen and oxygen atoms in total. The second-order valence-corrected chi connectivity index (χ2v) is 10.9. The molecule has 0 heterocycles. The topological polar surface area (TPSA) is 6.48 Å². The fourth-order valence-corrected chi connectivity index (χ4v) is 5.70. The third-order valence-electron chi connectivity index (χ3n) is 4.89. The molecule has 0 aliphatic rings. The third-order valence-corrected chi connectivity index (χ3v) is 8.05. The summed E-state index contributed by atoms with van der Waals surface area (Å²) in [6.45, 7) is 13.2. The Balaban J connectivity index is 2.86. The third kappa shape index (κ3) is 10.8. The SMILES string of the molecule is CCCCN(CCCC)C(=S)Sc1ccccc1SC(=S)N(CCCC)CCCC. The lowest BCUT2D eigenvalue weighted by atomic mass is 10.3. The standard InChI is InChI=1S/C24H40N2S4/c1-5-9-17-25(18-10-6-2)23(27)29-21-15-13-14-16-22(21)30-24(28)26(19-11-7-3)20-12-8-4/h13-16H,5-12,17-20H2,1-4H3. The van der Waals surface area contributed by atoms with Crippen LogP contribution < -0.4 is 0 Å². The predicted molar refractivity (Wildman–Crippen MR) is 146 cm³/mol. The van der Waals surface area contributed by atoms with Gasteiger partial charge in [0.1, 0.15) is 8.64 Å². The first-order valence-corrected chi connectivity index (χ1v) is 14.0. The fraction of sp³-hybridized carbons (Fsp3) is 0.667. The van der Waals surface area contributed by atoms with E-state index in [1.807, 2.05) is 0 Å². The van der Waals surface area contributed by atoms with Gasteiger partial charge >= 0.3 is 0 Å². The molecule has 0 bridgehead atoms. The average molecular weight is 485 g/mol. The van der Waals surface area contributed by atoms with Crippen LogP contribution in [0.1, 0.15) is 79.1 Å². The Morgan fingerprint density at radius 1 is 0.633 bits per heavy atom. The Morgan fingerprint density at radius 3 is 1.20 bits per heavy atom. The van der Waals surface area contributed by atoms with E-state index in [1.165, 1.54) is 61.2 Å². The van der Waals surface area contributed by atoms with E-state index in [-0.39, 0.29) is 0 Å². The molecule has 1 aromatic rings. The van der Waals surface area contributed by atoms with Gasteiger partial charge in [0.2, 0.25) is 0 Å². The molecule has 1 aromatic carbocycles. The van der Waals surface area contributed by atoms with Gasteiger partial charge in [0.05, 0.1) is 0 Å². The van der Waals surface area contributed by atoms with Crippen molar-refractivity contribution in [2.24, 2.45) is 0 Å². The molecule has 0 fully saturated rings. The van der Waals surface area contributed by atoms with E-state index in [1.54, 1.807) is 23.5 Å². The molecule has 0 aromatic heterocycles. The summed E-state index contributed by atoms with van der Waals surface area (Å²) in [5.74, 6) is 0. The summed E-state index contributed by atoms with van der Waals surface area (Å²) in [7, 11) is 0. The maximum atomic E-state index is 5.86. The quantitative estimate of drug-likeness (QED) is 0.192. The molecular formula is C24H40N2S4. The Kier molecular flexibility index (Phi) is 16.0. The lowest BCUT2D eigenvalue weighted by Crippen LogP contribution is -2.30. The number of hydrogen-bond acceptors (Lipinski definition) is 4. The van der Waals surface area contributed by atoms with E-state index < -0.39 is 0 Å². The van der Waals surface area contributed by atoms with Crippen molar-refractivity contribution >= 4 is 56.6 Å². The number of thioether (sulfide) groups is 2. The molecule has 0 saturated carbocycles. The van der Waals surface area contributed by atoms with Crippen molar-refractivity contribution in [3.63, 3.8) is 0 Å². The number of hydrogen-bond donors (Lipinski definition) is 0. The van der Waals surface area contributed by atoms with Crippen LogP contribution in [0.2, 0.25) is 0 Å². The first kappa shape index (κ1) is 27.7. The van der Waals surface area contributed by atoms with Gasteiger partial charge < -0.3 is 9.80 Å². The van der Waals surface area contributed by atoms with E-state index >= 15 is 0 Å². The van der Waals surface area contributed by atoms with Gasteiger partial charge in [-0.3, -0.25) is 0 Å². The minimum absolute atomic E-state index is 0.990. The van der Waals surface area contributed by atoms with Crippen LogP contribution in [0, 0.1) is 0 Å². The molecule has 0 unspecified atom stereocenters. The molecule has 0 aliphatic carbocycles. The highest BCUT2D eigenvalue weighted by molar-refractivity contribution is 8.25. The lowest BCUT2D eigenvalue weighted by molar-refractivity contribution is 0.410. The van der Waals surface area contributed by atoms with E-state index in [9.17, 15) is 0 Å². The molecule has 0 aliphatic heterocycles. The van der Waals surface area contributed by atoms with Gasteiger partial charge in [-0.05, 0) is 37.8 Å². The highest BCUT2D eigenvalue weighted by Crippen LogP contribution is 2.34. The van der Waals surface area contributed by atoms with Crippen LogP contribution >= 0.6 is 48.0 Å². The van der Waals surface area contributed by atoms with Gasteiger partial charge in [-0.15, -0.1) is 0 Å². The fourth-order valence-electron chi connectivity index (χ4n) is 2.92. The maximum absolute atomic E-state index is 5.86. The second-order valence-electron chi connectivity index (χ2n) is 7.57. The first-order chi connectivity index (χ1) is 14.6. The second kappa shape index (κ2) is 17.3. The number of nitrogens with zero attached hydrogens (tertiary/aromatic N) is 2. The van der Waals surface area contributed by atoms with Crippen LogP contribution in [0.15, 0.2) is 34.1 Å². The van der Waals surface area contributed by atoms with E-state index in [4.69, 9.17) is 24.4 Å². The van der Waals surface area contributed by atoms with Gasteiger partial charge in [0.15, 0.2) is 0 Å². The Bertz CT molecular complexity index is 552. The van der Waals surface area contributed by atoms with Crippen LogP contribution in [0.4, 0.5) is 0 Å². The highest BCUT2D eigenvalue weighted by atomic mass is 32.2. The Hall–Kier alpha value is -0.300. The Morgan fingerprint density at radius 2 is 0.933 bits per heavy atom. The number of rotatable bonds is 14. The summed E-state index contributed by atoms with van der Waals surface area (Å²) in [6, 6.07) is 8.57. The van der Waals surface area contributed by atoms with Crippen molar-refractivity contribution in [3.8, 4) is 0 Å². The molecule has 170 valence electrons. The minimum Gasteiger partial charge on any atom is -0.357 e. The first-order valence-electron chi connectivity index (χ1n) is 11.6. The highest BCUT2D eigenvalue weighted by Gasteiger charge is 2.16. The lowest BCUT2D eigenvalue weighted by Gasteiger charge is -2.26. The van der Waals surface area contributed by atoms with Crippen molar-refractivity contribution < 1.29 is 0 Å². The van der Waals surface area contributed by atoms with Crippen molar-refractivity contribution in [2.75, 3.05) is 26.2 Å². The summed E-state index contributed by atoms with van der Waals surface area (Å²) in [4.78, 5) is 7.22. The van der Waals surface area contributed by atoms with Gasteiger partial charge in [-0.2, -0.15) is 0 Å². The smallest absolute Gasteiger partial charge is 0.141 e. The van der Waals surface area contributed by atoms with E-state index in [0.717, 1.165) is 34.8 Å². The van der Waals surface area contributed by atoms with Gasteiger partial charge in [0.25, 0.3) is 0 Å². The zero-order valence-electron chi connectivity index (χ0n) is 19.3. The normalized spacial score (nSPS) is 10.8. The van der Waals surface area contributed by atoms with Crippen LogP contribution in [-0.4, -0.2) is 44.6 Å². The summed E-state index contributed by atoms with van der Waals surface area (Å²) in [5, 5.41) is 0. The van der Waals surface area contributed by atoms with Crippen molar-refractivity contribution in [2.45, 2.75) is 88.9 Å².